The maximum atomic E-state index is 4.43. The molecule has 0 bridgehead atoms. The van der Waals surface area contributed by atoms with E-state index in [1.807, 2.05) is 6.07 Å². The largest absolute Gasteiger partial charge is 0.372 e. The third-order valence-electron chi connectivity index (χ3n) is 3.83. The van der Waals surface area contributed by atoms with Crippen LogP contribution in [-0.2, 0) is 0 Å². The zero-order valence-corrected chi connectivity index (χ0v) is 15.1. The second kappa shape index (κ2) is 7.13. The van der Waals surface area contributed by atoms with Crippen molar-refractivity contribution in [3.63, 3.8) is 0 Å². The Labute approximate surface area is 145 Å². The van der Waals surface area contributed by atoms with E-state index in [-0.39, 0.29) is 0 Å². The highest BCUT2D eigenvalue weighted by molar-refractivity contribution is 9.10. The van der Waals surface area contributed by atoms with Crippen molar-refractivity contribution in [2.45, 2.75) is 26.7 Å². The average Bonchev–Trinajstić information content (AvgIpc) is 2.98. The van der Waals surface area contributed by atoms with E-state index in [0.29, 0.717) is 0 Å². The van der Waals surface area contributed by atoms with Crippen molar-refractivity contribution in [2.75, 3.05) is 18.0 Å². The molecule has 0 unspecified atom stereocenters. The fourth-order valence-corrected chi connectivity index (χ4v) is 3.09. The van der Waals surface area contributed by atoms with Gasteiger partial charge in [-0.15, -0.1) is 0 Å². The molecule has 0 amide bonds. The molecular weight excluding hydrogens is 352 g/mol. The second-order valence-corrected chi connectivity index (χ2v) is 6.46. The van der Waals surface area contributed by atoms with Crippen LogP contribution in [0.1, 0.15) is 26.7 Å². The summed E-state index contributed by atoms with van der Waals surface area (Å²) in [4.78, 5) is 14.5. The number of rotatable bonds is 6. The van der Waals surface area contributed by atoms with Crippen molar-refractivity contribution in [3.8, 4) is 11.3 Å². The molecule has 120 valence electrons. The van der Waals surface area contributed by atoms with E-state index in [1.54, 1.807) is 6.20 Å². The summed E-state index contributed by atoms with van der Waals surface area (Å²) < 4.78 is 0.751. The molecule has 0 atom stereocenters. The van der Waals surface area contributed by atoms with Gasteiger partial charge in [0.05, 0.1) is 6.20 Å². The quantitative estimate of drug-likeness (QED) is 0.660. The number of anilines is 1. The van der Waals surface area contributed by atoms with Gasteiger partial charge in [-0.2, -0.15) is 0 Å². The van der Waals surface area contributed by atoms with Gasteiger partial charge < -0.3 is 9.88 Å². The normalized spacial score (nSPS) is 11.1. The van der Waals surface area contributed by atoms with E-state index in [9.17, 15) is 0 Å². The molecule has 0 aliphatic heterocycles. The van der Waals surface area contributed by atoms with Crippen molar-refractivity contribution < 1.29 is 0 Å². The fraction of sp³-hybridized carbons (Fsp3) is 0.333. The molecule has 0 radical (unpaired) electrons. The van der Waals surface area contributed by atoms with E-state index in [0.717, 1.165) is 53.0 Å². The van der Waals surface area contributed by atoms with Crippen molar-refractivity contribution in [1.29, 1.82) is 0 Å². The third kappa shape index (κ3) is 3.55. The Balaban J connectivity index is 1.88. The van der Waals surface area contributed by atoms with Crippen LogP contribution in [0.2, 0.25) is 0 Å². The molecule has 3 aromatic rings. The summed E-state index contributed by atoms with van der Waals surface area (Å²) in [6.07, 6.45) is 4.03. The number of fused-ring (bicyclic) bond motifs is 1. The van der Waals surface area contributed by atoms with Gasteiger partial charge in [-0.3, -0.25) is 0 Å². The minimum absolute atomic E-state index is 0.751. The van der Waals surface area contributed by atoms with Crippen LogP contribution >= 0.6 is 15.9 Å². The number of aromatic nitrogens is 3. The number of hydrogen-bond acceptors (Lipinski definition) is 3. The molecule has 4 nitrogen and oxygen atoms in total. The van der Waals surface area contributed by atoms with E-state index < -0.39 is 0 Å². The third-order valence-corrected chi connectivity index (χ3v) is 4.22. The number of H-pyrrole nitrogens is 1. The van der Waals surface area contributed by atoms with Gasteiger partial charge >= 0.3 is 0 Å². The van der Waals surface area contributed by atoms with Gasteiger partial charge in [0, 0.05) is 24.5 Å². The predicted molar refractivity (Wildman–Crippen MR) is 99.8 cm³/mol. The topological polar surface area (TPSA) is 44.8 Å². The standard InChI is InChI=1S/C18H21BrN4/c1-3-9-23(10-4-2)14-7-5-13(6-8-14)15-11-16-18(22-15)20-12-17(19)21-16/h5-8,11-12H,3-4,9-10H2,1-2H3,(H,20,22). The summed E-state index contributed by atoms with van der Waals surface area (Å²) in [6, 6.07) is 10.8. The molecule has 23 heavy (non-hydrogen) atoms. The number of aromatic amines is 1. The lowest BCUT2D eigenvalue weighted by molar-refractivity contribution is 0.745. The Morgan fingerprint density at radius 2 is 1.78 bits per heavy atom. The van der Waals surface area contributed by atoms with Crippen LogP contribution < -0.4 is 4.90 Å². The predicted octanol–water partition coefficient (Wildman–Crippen LogP) is 5.01. The summed E-state index contributed by atoms with van der Waals surface area (Å²) in [7, 11) is 0. The molecule has 3 rings (SSSR count). The summed E-state index contributed by atoms with van der Waals surface area (Å²) in [5, 5.41) is 0. The summed E-state index contributed by atoms with van der Waals surface area (Å²) >= 11 is 3.36. The minimum Gasteiger partial charge on any atom is -0.372 e. The fourth-order valence-electron chi connectivity index (χ4n) is 2.80. The Kier molecular flexibility index (Phi) is 4.96. The molecule has 0 saturated heterocycles. The van der Waals surface area contributed by atoms with Gasteiger partial charge in [0.15, 0.2) is 5.65 Å². The minimum atomic E-state index is 0.751. The molecule has 2 heterocycles. The SMILES string of the molecule is CCCN(CCC)c1ccc(-c2cc3nc(Br)cnc3[nH]2)cc1. The zero-order chi connectivity index (χ0) is 16.2. The van der Waals surface area contributed by atoms with E-state index in [4.69, 9.17) is 0 Å². The first-order valence-corrected chi connectivity index (χ1v) is 8.87. The maximum absolute atomic E-state index is 4.43. The Bertz CT molecular complexity index is 773. The highest BCUT2D eigenvalue weighted by atomic mass is 79.9. The molecule has 0 fully saturated rings. The lowest BCUT2D eigenvalue weighted by atomic mass is 10.1. The number of nitrogens with zero attached hydrogens (tertiary/aromatic N) is 3. The average molecular weight is 373 g/mol. The van der Waals surface area contributed by atoms with Gasteiger partial charge in [-0.1, -0.05) is 26.0 Å². The van der Waals surface area contributed by atoms with Crippen molar-refractivity contribution in [2.24, 2.45) is 0 Å². The van der Waals surface area contributed by atoms with Gasteiger partial charge in [0.2, 0.25) is 0 Å². The lowest BCUT2D eigenvalue weighted by Gasteiger charge is -2.23. The number of halogens is 1. The number of nitrogens with one attached hydrogen (secondary N) is 1. The van der Waals surface area contributed by atoms with Crippen LogP contribution in [-0.4, -0.2) is 28.0 Å². The zero-order valence-electron chi connectivity index (χ0n) is 13.5. The van der Waals surface area contributed by atoms with Crippen molar-refractivity contribution in [1.82, 2.24) is 15.0 Å². The highest BCUT2D eigenvalue weighted by Gasteiger charge is 2.08. The highest BCUT2D eigenvalue weighted by Crippen LogP contribution is 2.25. The molecule has 1 N–H and O–H groups in total. The second-order valence-electron chi connectivity index (χ2n) is 5.64. The molecule has 0 spiro atoms. The first-order chi connectivity index (χ1) is 11.2. The molecular formula is C18H21BrN4. The number of benzene rings is 1. The van der Waals surface area contributed by atoms with Crippen LogP contribution in [0.5, 0.6) is 0 Å². The van der Waals surface area contributed by atoms with Crippen LogP contribution in [0, 0.1) is 0 Å². The summed E-state index contributed by atoms with van der Waals surface area (Å²) in [6.45, 7) is 6.64. The van der Waals surface area contributed by atoms with Gasteiger partial charge in [0.25, 0.3) is 0 Å². The molecule has 2 aromatic heterocycles. The lowest BCUT2D eigenvalue weighted by Crippen LogP contribution is -2.24. The van der Waals surface area contributed by atoms with E-state index in [1.165, 1.54) is 5.69 Å². The first-order valence-electron chi connectivity index (χ1n) is 8.08. The van der Waals surface area contributed by atoms with Crippen LogP contribution in [0.25, 0.3) is 22.4 Å². The molecule has 1 aromatic carbocycles. The smallest absolute Gasteiger partial charge is 0.156 e. The van der Waals surface area contributed by atoms with E-state index >= 15 is 0 Å². The summed E-state index contributed by atoms with van der Waals surface area (Å²) in [5.74, 6) is 0. The monoisotopic (exact) mass is 372 g/mol. The maximum Gasteiger partial charge on any atom is 0.156 e. The first kappa shape index (κ1) is 16.0. The molecule has 5 heteroatoms. The van der Waals surface area contributed by atoms with Crippen molar-refractivity contribution in [3.05, 3.63) is 41.1 Å². The van der Waals surface area contributed by atoms with Crippen molar-refractivity contribution >= 4 is 32.8 Å². The summed E-state index contributed by atoms with van der Waals surface area (Å²) in [5.41, 5.74) is 5.16. The molecule has 0 aliphatic carbocycles. The van der Waals surface area contributed by atoms with Crippen LogP contribution in [0.15, 0.2) is 41.1 Å². The Morgan fingerprint density at radius 3 is 2.43 bits per heavy atom. The van der Waals surface area contributed by atoms with E-state index in [2.05, 4.69) is 73.9 Å². The van der Waals surface area contributed by atoms with Gasteiger partial charge in [-0.25, -0.2) is 9.97 Å². The molecule has 0 saturated carbocycles. The van der Waals surface area contributed by atoms with Crippen LogP contribution in [0.3, 0.4) is 0 Å². The Hall–Kier alpha value is -1.88. The molecule has 0 aliphatic rings. The van der Waals surface area contributed by atoms with Gasteiger partial charge in [0.1, 0.15) is 10.1 Å². The van der Waals surface area contributed by atoms with Gasteiger partial charge in [-0.05, 0) is 52.5 Å². The Morgan fingerprint density at radius 1 is 1.09 bits per heavy atom. The number of hydrogen-bond donors (Lipinski definition) is 1. The van der Waals surface area contributed by atoms with Crippen LogP contribution in [0.4, 0.5) is 5.69 Å².